The Morgan fingerprint density at radius 1 is 1.22 bits per heavy atom. The van der Waals surface area contributed by atoms with Crippen LogP contribution in [0.3, 0.4) is 0 Å². The van der Waals surface area contributed by atoms with Crippen LogP contribution in [0.1, 0.15) is 72.6 Å². The summed E-state index contributed by atoms with van der Waals surface area (Å²) in [5.74, 6) is 1.63. The van der Waals surface area contributed by atoms with Crippen LogP contribution in [0.2, 0.25) is 0 Å². The van der Waals surface area contributed by atoms with Gasteiger partial charge in [0.2, 0.25) is 5.91 Å². The van der Waals surface area contributed by atoms with E-state index in [0.717, 1.165) is 36.2 Å². The second kappa shape index (κ2) is 9.06. The number of aromatic nitrogens is 4. The van der Waals surface area contributed by atoms with Gasteiger partial charge in [-0.3, -0.25) is 9.59 Å². The zero-order valence-electron chi connectivity index (χ0n) is 18.9. The predicted molar refractivity (Wildman–Crippen MR) is 122 cm³/mol. The lowest BCUT2D eigenvalue weighted by Gasteiger charge is -2.32. The molecule has 0 bridgehead atoms. The zero-order chi connectivity index (χ0) is 22.8. The van der Waals surface area contributed by atoms with Crippen LogP contribution >= 0.6 is 0 Å². The van der Waals surface area contributed by atoms with E-state index < -0.39 is 5.91 Å². The van der Waals surface area contributed by atoms with Crippen molar-refractivity contribution in [1.82, 2.24) is 24.4 Å². The molecule has 1 atom stereocenters. The summed E-state index contributed by atoms with van der Waals surface area (Å²) in [4.78, 5) is 40.1. The van der Waals surface area contributed by atoms with E-state index in [0.29, 0.717) is 36.6 Å². The highest BCUT2D eigenvalue weighted by Gasteiger charge is 2.27. The lowest BCUT2D eigenvalue weighted by atomic mass is 9.96. The number of rotatable bonds is 6. The maximum absolute atomic E-state index is 13.1. The molecule has 1 unspecified atom stereocenters. The third kappa shape index (κ3) is 4.35. The Bertz CT molecular complexity index is 1150. The lowest BCUT2D eigenvalue weighted by molar-refractivity contribution is -0.132. The molecule has 0 aliphatic carbocycles. The molecule has 1 aliphatic heterocycles. The van der Waals surface area contributed by atoms with E-state index in [9.17, 15) is 9.59 Å². The predicted octanol–water partition coefficient (Wildman–Crippen LogP) is 3.15. The Morgan fingerprint density at radius 3 is 2.72 bits per heavy atom. The fourth-order valence-electron chi connectivity index (χ4n) is 4.47. The number of imidazole rings is 1. The number of amides is 2. The smallest absolute Gasteiger partial charge is 0.252 e. The van der Waals surface area contributed by atoms with E-state index >= 15 is 0 Å². The topological polar surface area (TPSA) is 107 Å². The van der Waals surface area contributed by atoms with E-state index in [-0.39, 0.29) is 17.7 Å². The fourth-order valence-corrected chi connectivity index (χ4v) is 4.47. The molecule has 8 heteroatoms. The number of likely N-dealkylation sites (tertiary alicyclic amines) is 1. The second-order valence-corrected chi connectivity index (χ2v) is 8.79. The fraction of sp³-hybridized carbons (Fsp3) is 0.458. The van der Waals surface area contributed by atoms with Gasteiger partial charge in [-0.15, -0.1) is 0 Å². The largest absolute Gasteiger partial charge is 0.365 e. The van der Waals surface area contributed by atoms with Crippen LogP contribution in [0.5, 0.6) is 0 Å². The molecule has 2 aromatic heterocycles. The van der Waals surface area contributed by atoms with Gasteiger partial charge in [0.15, 0.2) is 0 Å². The number of carbonyl (C=O) groups excluding carboxylic acids is 2. The third-order valence-corrected chi connectivity index (χ3v) is 6.15. The Labute approximate surface area is 187 Å². The molecule has 1 aromatic carbocycles. The van der Waals surface area contributed by atoms with E-state index in [1.807, 2.05) is 23.1 Å². The summed E-state index contributed by atoms with van der Waals surface area (Å²) in [6.45, 7) is 7.96. The number of nitrogens with two attached hydrogens (primary N) is 1. The molecule has 32 heavy (non-hydrogen) atoms. The third-order valence-electron chi connectivity index (χ3n) is 6.15. The van der Waals surface area contributed by atoms with Gasteiger partial charge < -0.3 is 15.2 Å². The SMILES string of the molecule is Cc1nc(C2CCCN(C(=O)CCn3c(C(C)C)nc4ccccc43)C2)ncc1C(N)=O. The minimum Gasteiger partial charge on any atom is -0.365 e. The van der Waals surface area contributed by atoms with Gasteiger partial charge >= 0.3 is 0 Å². The van der Waals surface area contributed by atoms with E-state index in [1.165, 1.54) is 6.20 Å². The van der Waals surface area contributed by atoms with Gasteiger partial charge in [0.1, 0.15) is 11.6 Å². The van der Waals surface area contributed by atoms with Gasteiger partial charge in [-0.25, -0.2) is 15.0 Å². The van der Waals surface area contributed by atoms with Crippen LogP contribution in [0.4, 0.5) is 0 Å². The molecule has 2 N–H and O–H groups in total. The molecule has 0 spiro atoms. The van der Waals surface area contributed by atoms with Crippen molar-refractivity contribution in [3.8, 4) is 0 Å². The maximum atomic E-state index is 13.1. The lowest BCUT2D eigenvalue weighted by Crippen LogP contribution is -2.40. The highest BCUT2D eigenvalue weighted by atomic mass is 16.2. The van der Waals surface area contributed by atoms with Gasteiger partial charge in [-0.2, -0.15) is 0 Å². The molecule has 3 aromatic rings. The van der Waals surface area contributed by atoms with Gasteiger partial charge in [-0.05, 0) is 31.9 Å². The average molecular weight is 435 g/mol. The van der Waals surface area contributed by atoms with Crippen molar-refractivity contribution < 1.29 is 9.59 Å². The molecule has 1 aliphatic rings. The van der Waals surface area contributed by atoms with Crippen molar-refractivity contribution in [2.45, 2.75) is 58.4 Å². The van der Waals surface area contributed by atoms with E-state index in [1.54, 1.807) is 6.92 Å². The number of fused-ring (bicyclic) bond motifs is 1. The Balaban J connectivity index is 1.46. The normalized spacial score (nSPS) is 16.6. The monoisotopic (exact) mass is 434 g/mol. The Morgan fingerprint density at radius 2 is 2.00 bits per heavy atom. The molecule has 0 radical (unpaired) electrons. The van der Waals surface area contributed by atoms with Crippen LogP contribution in [0.25, 0.3) is 11.0 Å². The summed E-state index contributed by atoms with van der Waals surface area (Å²) in [5, 5.41) is 0. The number of nitrogens with zero attached hydrogens (tertiary/aromatic N) is 5. The summed E-state index contributed by atoms with van der Waals surface area (Å²) >= 11 is 0. The first-order chi connectivity index (χ1) is 15.3. The first-order valence-corrected chi connectivity index (χ1v) is 11.2. The molecule has 168 valence electrons. The first-order valence-electron chi connectivity index (χ1n) is 11.2. The molecular formula is C24H30N6O2. The van der Waals surface area contributed by atoms with Gasteiger partial charge in [-0.1, -0.05) is 26.0 Å². The van der Waals surface area contributed by atoms with Crippen molar-refractivity contribution in [1.29, 1.82) is 0 Å². The summed E-state index contributed by atoms with van der Waals surface area (Å²) in [5.41, 5.74) is 8.32. The van der Waals surface area contributed by atoms with Crippen LogP contribution < -0.4 is 5.73 Å². The van der Waals surface area contributed by atoms with Crippen molar-refractivity contribution in [3.63, 3.8) is 0 Å². The highest BCUT2D eigenvalue weighted by molar-refractivity contribution is 5.93. The summed E-state index contributed by atoms with van der Waals surface area (Å²) in [6, 6.07) is 8.07. The molecule has 0 saturated carbocycles. The molecule has 4 rings (SSSR count). The van der Waals surface area contributed by atoms with Gasteiger partial charge in [0.05, 0.1) is 22.3 Å². The summed E-state index contributed by atoms with van der Waals surface area (Å²) in [7, 11) is 0. The van der Waals surface area contributed by atoms with Crippen molar-refractivity contribution in [2.24, 2.45) is 5.73 Å². The van der Waals surface area contributed by atoms with E-state index in [2.05, 4.69) is 34.4 Å². The van der Waals surface area contributed by atoms with Crippen molar-refractivity contribution in [2.75, 3.05) is 13.1 Å². The minimum absolute atomic E-state index is 0.0635. The number of hydrogen-bond donors (Lipinski definition) is 1. The maximum Gasteiger partial charge on any atom is 0.252 e. The van der Waals surface area contributed by atoms with Crippen LogP contribution in [0.15, 0.2) is 30.5 Å². The standard InChI is InChI=1S/C24H30N6O2/c1-15(2)24-28-19-8-4-5-9-20(19)30(24)12-10-21(31)29-11-6-7-17(14-29)23-26-13-18(22(25)32)16(3)27-23/h4-5,8-9,13,15,17H,6-7,10-12,14H2,1-3H3,(H2,25,32). The van der Waals surface area contributed by atoms with E-state index in [4.69, 9.17) is 10.7 Å². The number of primary amides is 1. The number of aryl methyl sites for hydroxylation is 2. The zero-order valence-corrected chi connectivity index (χ0v) is 18.9. The summed E-state index contributed by atoms with van der Waals surface area (Å²) in [6.07, 6.45) is 3.75. The molecule has 8 nitrogen and oxygen atoms in total. The molecular weight excluding hydrogens is 404 g/mol. The quantitative estimate of drug-likeness (QED) is 0.641. The Hall–Kier alpha value is -3.29. The van der Waals surface area contributed by atoms with Gasteiger partial charge in [0, 0.05) is 44.1 Å². The number of piperidine rings is 1. The second-order valence-electron chi connectivity index (χ2n) is 8.79. The first kappa shape index (κ1) is 21.9. The number of hydrogen-bond acceptors (Lipinski definition) is 5. The molecule has 1 saturated heterocycles. The number of carbonyl (C=O) groups is 2. The highest BCUT2D eigenvalue weighted by Crippen LogP contribution is 2.26. The summed E-state index contributed by atoms with van der Waals surface area (Å²) < 4.78 is 2.17. The Kier molecular flexibility index (Phi) is 6.21. The van der Waals surface area contributed by atoms with Crippen LogP contribution in [0, 0.1) is 6.92 Å². The minimum atomic E-state index is -0.526. The molecule has 3 heterocycles. The van der Waals surface area contributed by atoms with Crippen molar-refractivity contribution in [3.05, 3.63) is 53.4 Å². The molecule has 2 amide bonds. The average Bonchev–Trinajstić information content (AvgIpc) is 3.16. The number of benzene rings is 1. The van der Waals surface area contributed by atoms with Gasteiger partial charge in [0.25, 0.3) is 5.91 Å². The van der Waals surface area contributed by atoms with Crippen molar-refractivity contribution >= 4 is 22.8 Å². The van der Waals surface area contributed by atoms with Crippen LogP contribution in [-0.4, -0.2) is 49.3 Å². The molecule has 1 fully saturated rings. The number of para-hydroxylation sites is 2. The van der Waals surface area contributed by atoms with Crippen LogP contribution in [-0.2, 0) is 11.3 Å².